The molecule has 4 atom stereocenters. The number of aromatic hydroxyl groups is 1. The Labute approximate surface area is 248 Å². The number of alkyl halides is 1. The molecule has 40 heavy (non-hydrogen) atoms. The second-order valence-electron chi connectivity index (χ2n) is 11.6. The molecule has 3 saturated carbocycles. The summed E-state index contributed by atoms with van der Waals surface area (Å²) in [6.07, 6.45) is 7.73. The highest BCUT2D eigenvalue weighted by Crippen LogP contribution is 2.52. The van der Waals surface area contributed by atoms with Crippen molar-refractivity contribution in [2.45, 2.75) is 73.7 Å². The Morgan fingerprint density at radius 2 is 1.88 bits per heavy atom. The number of phenolic OH excluding ortho intramolecular Hbond substituents is 1. The van der Waals surface area contributed by atoms with Crippen LogP contribution < -0.4 is 9.64 Å². The lowest BCUT2D eigenvalue weighted by Crippen LogP contribution is -2.54. The number of aromatic nitrogens is 4. The second-order valence-corrected chi connectivity index (χ2v) is 14.5. The molecule has 6 rings (SSSR count). The van der Waals surface area contributed by atoms with Crippen molar-refractivity contribution in [1.29, 1.82) is 0 Å². The van der Waals surface area contributed by atoms with Crippen molar-refractivity contribution in [2.75, 3.05) is 4.90 Å². The molecule has 0 spiro atoms. The molecule has 212 valence electrons. The van der Waals surface area contributed by atoms with E-state index in [1.54, 1.807) is 18.3 Å². The lowest BCUT2D eigenvalue weighted by atomic mass is 9.60. The van der Waals surface area contributed by atoms with E-state index in [9.17, 15) is 9.50 Å². The fourth-order valence-corrected chi connectivity index (χ4v) is 6.77. The van der Waals surface area contributed by atoms with E-state index < -0.39 is 15.7 Å². The van der Waals surface area contributed by atoms with Gasteiger partial charge in [-0.1, -0.05) is 19.4 Å². The van der Waals surface area contributed by atoms with Gasteiger partial charge in [0.25, 0.3) is 0 Å². The van der Waals surface area contributed by atoms with Crippen molar-refractivity contribution in [1.82, 2.24) is 20.2 Å². The Hall–Kier alpha value is -2.31. The molecule has 3 aromatic rings. The maximum atomic E-state index is 15.7. The average molecular weight is 604 g/mol. The number of ether oxygens (including phenoxy) is 1. The number of hydrogen-bond donors (Lipinski definition) is 4. The smallest absolute Gasteiger partial charge is 0.242 e. The van der Waals surface area contributed by atoms with Crippen molar-refractivity contribution in [3.05, 3.63) is 42.5 Å². The summed E-state index contributed by atoms with van der Waals surface area (Å²) in [6, 6.07) is 7.56. The van der Waals surface area contributed by atoms with Gasteiger partial charge in [-0.2, -0.15) is 9.37 Å². The number of rotatable bonds is 7. The van der Waals surface area contributed by atoms with Gasteiger partial charge in [0.2, 0.25) is 15.4 Å². The predicted octanol–water partition coefficient (Wildman–Crippen LogP) is 6.50. The van der Waals surface area contributed by atoms with E-state index >= 15 is 4.39 Å². The zero-order valence-electron chi connectivity index (χ0n) is 21.9. The number of benzene rings is 1. The topological polar surface area (TPSA) is 84.3 Å². The quantitative estimate of drug-likeness (QED) is 0.139. The van der Waals surface area contributed by atoms with Crippen LogP contribution in [0.5, 0.6) is 11.6 Å². The van der Waals surface area contributed by atoms with Gasteiger partial charge in [0.1, 0.15) is 11.9 Å². The Morgan fingerprint density at radius 3 is 2.55 bits per heavy atom. The van der Waals surface area contributed by atoms with Crippen molar-refractivity contribution in [3.8, 4) is 34.1 Å². The first-order chi connectivity index (χ1) is 19.0. The molecular weight excluding hydrogens is 573 g/mol. The van der Waals surface area contributed by atoms with E-state index in [0.717, 1.165) is 44.9 Å². The lowest BCUT2D eigenvalue weighted by molar-refractivity contribution is 0.00942. The minimum Gasteiger partial charge on any atom is -0.507 e. The Kier molecular flexibility index (Phi) is 7.31. The summed E-state index contributed by atoms with van der Waals surface area (Å²) in [6.45, 7) is 2.30. The van der Waals surface area contributed by atoms with Crippen molar-refractivity contribution < 1.29 is 18.6 Å². The molecule has 0 radical (unpaired) electrons. The maximum absolute atomic E-state index is 15.7. The number of anilines is 1. The first kappa shape index (κ1) is 27.8. The Morgan fingerprint density at radius 1 is 1.07 bits per heavy atom. The van der Waals surface area contributed by atoms with Gasteiger partial charge in [-0.05, 0) is 73.1 Å². The van der Waals surface area contributed by atoms with Gasteiger partial charge in [-0.15, -0.1) is 48.1 Å². The van der Waals surface area contributed by atoms with Crippen LogP contribution in [0.1, 0.15) is 51.9 Å². The SMILES string of the molecule is C[C@@]12CCC[C@@H](C1)[C@@H](F)[C@@H](N(c1cnc(-c3ccc(-c4cc(F)nc(OC(S)(S)S)c4)cc3O)nn1)C1CC1)C2. The van der Waals surface area contributed by atoms with Crippen LogP contribution in [0.3, 0.4) is 0 Å². The number of thiol groups is 3. The van der Waals surface area contributed by atoms with Crippen LogP contribution in [0, 0.1) is 17.3 Å². The van der Waals surface area contributed by atoms with Crippen LogP contribution in [0.4, 0.5) is 14.6 Å². The van der Waals surface area contributed by atoms with Crippen LogP contribution in [0.2, 0.25) is 0 Å². The minimum atomic E-state index is -1.45. The van der Waals surface area contributed by atoms with E-state index in [-0.39, 0.29) is 40.9 Å². The van der Waals surface area contributed by atoms with Gasteiger partial charge in [-0.3, -0.25) is 0 Å². The zero-order valence-corrected chi connectivity index (χ0v) is 24.6. The van der Waals surface area contributed by atoms with E-state index in [4.69, 9.17) is 4.74 Å². The number of fused-ring (bicyclic) bond motifs is 2. The molecule has 0 saturated heterocycles. The summed E-state index contributed by atoms with van der Waals surface area (Å²) in [5, 5.41) is 19.6. The van der Waals surface area contributed by atoms with Gasteiger partial charge in [-0.25, -0.2) is 9.37 Å². The number of pyridine rings is 1. The van der Waals surface area contributed by atoms with Gasteiger partial charge in [0.05, 0.1) is 17.8 Å². The normalized spacial score (nSPS) is 26.4. The van der Waals surface area contributed by atoms with E-state index in [2.05, 4.69) is 69.9 Å². The third kappa shape index (κ3) is 5.85. The van der Waals surface area contributed by atoms with Crippen LogP contribution in [-0.2, 0) is 0 Å². The van der Waals surface area contributed by atoms with Crippen LogP contribution >= 0.6 is 37.9 Å². The number of hydrogen-bond acceptors (Lipinski definition) is 10. The molecule has 3 aliphatic rings. The van der Waals surface area contributed by atoms with E-state index in [0.29, 0.717) is 22.5 Å². The van der Waals surface area contributed by atoms with Crippen LogP contribution in [-0.4, -0.2) is 47.1 Å². The maximum Gasteiger partial charge on any atom is 0.242 e. The number of halogens is 2. The summed E-state index contributed by atoms with van der Waals surface area (Å²) in [7, 11) is 0. The first-order valence-electron chi connectivity index (χ1n) is 13.5. The number of nitrogens with zero attached hydrogens (tertiary/aromatic N) is 5. The molecule has 3 aliphatic carbocycles. The van der Waals surface area contributed by atoms with Crippen molar-refractivity contribution >= 4 is 43.7 Å². The molecule has 1 N–H and O–H groups in total. The van der Waals surface area contributed by atoms with Gasteiger partial charge in [0.15, 0.2) is 11.6 Å². The Balaban J connectivity index is 1.25. The zero-order chi connectivity index (χ0) is 28.2. The van der Waals surface area contributed by atoms with Gasteiger partial charge < -0.3 is 14.7 Å². The highest BCUT2D eigenvalue weighted by molar-refractivity contribution is 8.16. The molecule has 2 bridgehead atoms. The monoisotopic (exact) mass is 603 g/mol. The van der Waals surface area contributed by atoms with Crippen molar-refractivity contribution in [2.24, 2.45) is 11.3 Å². The Bertz CT molecular complexity index is 1410. The van der Waals surface area contributed by atoms with E-state index in [1.165, 1.54) is 18.2 Å². The predicted molar refractivity (Wildman–Crippen MR) is 159 cm³/mol. The number of phenols is 1. The standard InChI is InChI=1S/C28H31F2N5O2S3/c1-27-8-2-3-16(12-27)25(30)20(13-27)35(18-5-6-18)23-14-31-26(34-33-23)19-7-4-15(9-21(19)36)17-10-22(29)32-24(11-17)37-28(38,39)40/h4,7,9-11,14,16,18,20,25,36,38-40H,2-3,5-6,8,12-13H2,1H3/t16-,20-,25+,27+/m0/s1. The molecule has 0 amide bonds. The van der Waals surface area contributed by atoms with Crippen molar-refractivity contribution in [3.63, 3.8) is 0 Å². The fourth-order valence-electron chi connectivity index (χ4n) is 6.49. The summed E-state index contributed by atoms with van der Waals surface area (Å²) in [5.74, 6) is -0.0238. The third-order valence-corrected chi connectivity index (χ3v) is 8.60. The molecule has 12 heteroatoms. The van der Waals surface area contributed by atoms with Gasteiger partial charge >= 0.3 is 0 Å². The molecule has 7 nitrogen and oxygen atoms in total. The highest BCUT2D eigenvalue weighted by Gasteiger charge is 2.50. The molecule has 3 fully saturated rings. The summed E-state index contributed by atoms with van der Waals surface area (Å²) >= 11 is 12.1. The molecule has 0 unspecified atom stereocenters. The summed E-state index contributed by atoms with van der Waals surface area (Å²) in [5.41, 5.74) is 1.47. The summed E-state index contributed by atoms with van der Waals surface area (Å²) < 4.78 is 33.8. The van der Waals surface area contributed by atoms with Gasteiger partial charge in [0, 0.05) is 18.2 Å². The summed E-state index contributed by atoms with van der Waals surface area (Å²) in [4.78, 5) is 10.3. The molecule has 2 heterocycles. The first-order valence-corrected chi connectivity index (χ1v) is 14.8. The largest absolute Gasteiger partial charge is 0.507 e. The average Bonchev–Trinajstić information content (AvgIpc) is 3.71. The minimum absolute atomic E-state index is 0.0620. The fraction of sp³-hybridized carbons (Fsp3) is 0.500. The molecule has 1 aromatic carbocycles. The van der Waals surface area contributed by atoms with Crippen LogP contribution in [0.15, 0.2) is 36.5 Å². The third-order valence-electron chi connectivity index (χ3n) is 8.33. The van der Waals surface area contributed by atoms with E-state index in [1.807, 2.05) is 0 Å². The lowest BCUT2D eigenvalue weighted by Gasteiger charge is -2.51. The highest BCUT2D eigenvalue weighted by atomic mass is 32.2. The molecule has 0 aliphatic heterocycles. The second kappa shape index (κ2) is 10.5. The molecule has 2 aromatic heterocycles. The van der Waals surface area contributed by atoms with Crippen LogP contribution in [0.25, 0.3) is 22.5 Å². The molecular formula is C28H31F2N5O2S3.